The van der Waals surface area contributed by atoms with Crippen LogP contribution in [0.4, 0.5) is 5.69 Å². The maximum absolute atomic E-state index is 13.5. The fourth-order valence-corrected chi connectivity index (χ4v) is 6.45. The largest absolute Gasteiger partial charge is 0.476 e. The molecule has 194 valence electrons. The van der Waals surface area contributed by atoms with Gasteiger partial charge in [-0.25, -0.2) is 8.42 Å². The van der Waals surface area contributed by atoms with Gasteiger partial charge in [-0.3, -0.25) is 14.0 Å². The maximum atomic E-state index is 13.5. The van der Waals surface area contributed by atoms with Gasteiger partial charge in [0, 0.05) is 13.1 Å². The number of fused-ring (bicyclic) bond motifs is 1. The third kappa shape index (κ3) is 5.81. The van der Waals surface area contributed by atoms with E-state index >= 15 is 0 Å². The molecule has 7 nitrogen and oxygen atoms in total. The average molecular weight is 520 g/mol. The Hall–Kier alpha value is -3.36. The van der Waals surface area contributed by atoms with E-state index in [1.165, 1.54) is 29.1 Å². The van der Waals surface area contributed by atoms with Crippen molar-refractivity contribution in [3.63, 3.8) is 0 Å². The van der Waals surface area contributed by atoms with E-state index in [0.717, 1.165) is 30.8 Å². The van der Waals surface area contributed by atoms with Gasteiger partial charge in [0.25, 0.3) is 15.9 Å². The first kappa shape index (κ1) is 25.3. The monoisotopic (exact) mass is 519 g/mol. The molecule has 1 N–H and O–H groups in total. The van der Waals surface area contributed by atoms with Crippen molar-refractivity contribution in [1.82, 2.24) is 10.2 Å². The lowest BCUT2D eigenvalue weighted by atomic mass is 10.1. The van der Waals surface area contributed by atoms with E-state index in [1.54, 1.807) is 42.5 Å². The number of anilines is 1. The van der Waals surface area contributed by atoms with Crippen LogP contribution in [0.1, 0.15) is 36.0 Å². The Morgan fingerprint density at radius 3 is 2.49 bits per heavy atom. The minimum absolute atomic E-state index is 0.103. The third-order valence-electron chi connectivity index (χ3n) is 6.92. The van der Waals surface area contributed by atoms with Gasteiger partial charge >= 0.3 is 0 Å². The van der Waals surface area contributed by atoms with Crippen molar-refractivity contribution in [2.45, 2.75) is 50.3 Å². The number of rotatable bonds is 7. The fourth-order valence-electron chi connectivity index (χ4n) is 4.96. The number of aryl methyl sites for hydroxylation is 1. The molecule has 1 atom stereocenters. The fraction of sp³-hybridized carbons (Fsp3) is 0.345. The van der Waals surface area contributed by atoms with Crippen molar-refractivity contribution >= 4 is 21.6 Å². The second-order valence-corrected chi connectivity index (χ2v) is 11.7. The molecule has 8 heteroatoms. The van der Waals surface area contributed by atoms with Crippen LogP contribution in [0.5, 0.6) is 5.75 Å². The van der Waals surface area contributed by atoms with Gasteiger partial charge in [-0.05, 0) is 73.8 Å². The molecule has 0 radical (unpaired) electrons. The first-order valence-corrected chi connectivity index (χ1v) is 14.3. The van der Waals surface area contributed by atoms with Crippen LogP contribution < -0.4 is 14.4 Å². The lowest BCUT2D eigenvalue weighted by molar-refractivity contribution is -0.127. The Balaban J connectivity index is 1.30. The summed E-state index contributed by atoms with van der Waals surface area (Å²) in [6, 6.07) is 21.9. The van der Waals surface area contributed by atoms with E-state index in [4.69, 9.17) is 4.74 Å². The smallest absolute Gasteiger partial charge is 0.264 e. The molecule has 0 aromatic heterocycles. The van der Waals surface area contributed by atoms with Gasteiger partial charge in [0.05, 0.1) is 17.1 Å². The zero-order chi connectivity index (χ0) is 25.8. The molecule has 3 aromatic carbocycles. The van der Waals surface area contributed by atoms with Gasteiger partial charge in [0.15, 0.2) is 6.10 Å². The first-order chi connectivity index (χ1) is 17.9. The second-order valence-electron chi connectivity index (χ2n) is 9.80. The molecule has 1 fully saturated rings. The molecule has 2 aliphatic heterocycles. The molecule has 0 spiro atoms. The molecule has 2 heterocycles. The highest BCUT2D eigenvalue weighted by atomic mass is 32.2. The topological polar surface area (TPSA) is 79.0 Å². The van der Waals surface area contributed by atoms with E-state index in [0.29, 0.717) is 18.0 Å². The average Bonchev–Trinajstić information content (AvgIpc) is 2.92. The zero-order valence-electron chi connectivity index (χ0n) is 21.1. The number of sulfonamides is 1. The summed E-state index contributed by atoms with van der Waals surface area (Å²) in [7, 11) is -3.88. The van der Waals surface area contributed by atoms with Crippen LogP contribution in [0.25, 0.3) is 0 Å². The number of amides is 1. The molecule has 0 unspecified atom stereocenters. The Morgan fingerprint density at radius 1 is 0.946 bits per heavy atom. The number of hydrogen-bond donors (Lipinski definition) is 1. The lowest BCUT2D eigenvalue weighted by Crippen LogP contribution is -2.50. The molecule has 0 saturated carbocycles. The number of likely N-dealkylation sites (tertiary alicyclic amines) is 1. The van der Waals surface area contributed by atoms with Crippen molar-refractivity contribution in [1.29, 1.82) is 0 Å². The maximum Gasteiger partial charge on any atom is 0.264 e. The second kappa shape index (κ2) is 10.9. The van der Waals surface area contributed by atoms with Crippen LogP contribution in [0.2, 0.25) is 0 Å². The summed E-state index contributed by atoms with van der Waals surface area (Å²) in [6.45, 7) is 5.31. The lowest BCUT2D eigenvalue weighted by Gasteiger charge is -2.35. The van der Waals surface area contributed by atoms with E-state index in [2.05, 4.69) is 22.3 Å². The summed E-state index contributed by atoms with van der Waals surface area (Å²) >= 11 is 0. The van der Waals surface area contributed by atoms with Crippen molar-refractivity contribution in [2.75, 3.05) is 23.9 Å². The Labute approximate surface area is 219 Å². The van der Waals surface area contributed by atoms with Crippen LogP contribution in [0.3, 0.4) is 0 Å². The molecule has 1 amide bonds. The van der Waals surface area contributed by atoms with Crippen molar-refractivity contribution < 1.29 is 17.9 Å². The Bertz CT molecular complexity index is 1350. The van der Waals surface area contributed by atoms with E-state index in [9.17, 15) is 13.2 Å². The standard InChI is InChI=1S/C29H33N3O4S/c1-22-13-14-27-26(17-22)32(37(34,35)25-11-4-2-5-12-25)21-28(36-27)29(33)30-19-23-9-8-10-24(18-23)20-31-15-6-3-7-16-31/h2,4-5,8-14,17-18,28H,3,6-7,15-16,19-21H2,1H3,(H,30,33)/t28-/m0/s1. The predicted molar refractivity (Wildman–Crippen MR) is 144 cm³/mol. The highest BCUT2D eigenvalue weighted by Crippen LogP contribution is 2.37. The summed E-state index contributed by atoms with van der Waals surface area (Å²) in [4.78, 5) is 15.8. The number of nitrogens with zero attached hydrogens (tertiary/aromatic N) is 2. The van der Waals surface area contributed by atoms with Gasteiger partial charge < -0.3 is 10.1 Å². The third-order valence-corrected chi connectivity index (χ3v) is 8.71. The van der Waals surface area contributed by atoms with Gasteiger partial charge in [0.1, 0.15) is 5.75 Å². The van der Waals surface area contributed by atoms with E-state index in [1.807, 2.05) is 25.1 Å². The number of benzene rings is 3. The van der Waals surface area contributed by atoms with Gasteiger partial charge in [0.2, 0.25) is 0 Å². The molecule has 1 saturated heterocycles. The highest BCUT2D eigenvalue weighted by Gasteiger charge is 2.37. The first-order valence-electron chi connectivity index (χ1n) is 12.8. The van der Waals surface area contributed by atoms with Crippen LogP contribution in [-0.4, -0.2) is 45.0 Å². The van der Waals surface area contributed by atoms with Crippen molar-refractivity contribution in [3.05, 3.63) is 89.5 Å². The predicted octanol–water partition coefficient (Wildman–Crippen LogP) is 4.25. The number of carbonyl (C=O) groups excluding carboxylic acids is 1. The number of carbonyl (C=O) groups is 1. The molecule has 2 aliphatic rings. The summed E-state index contributed by atoms with van der Waals surface area (Å²) in [6.07, 6.45) is 2.83. The van der Waals surface area contributed by atoms with Gasteiger partial charge in [-0.15, -0.1) is 0 Å². The van der Waals surface area contributed by atoms with Crippen LogP contribution in [0, 0.1) is 6.92 Å². The van der Waals surface area contributed by atoms with Gasteiger partial charge in [-0.1, -0.05) is 55.0 Å². The summed E-state index contributed by atoms with van der Waals surface area (Å²) < 4.78 is 34.4. The van der Waals surface area contributed by atoms with Crippen LogP contribution in [0.15, 0.2) is 77.7 Å². The summed E-state index contributed by atoms with van der Waals surface area (Å²) in [5.74, 6) is 0.0287. The Kier molecular flexibility index (Phi) is 7.48. The zero-order valence-corrected chi connectivity index (χ0v) is 21.9. The van der Waals surface area contributed by atoms with E-state index in [-0.39, 0.29) is 17.3 Å². The highest BCUT2D eigenvalue weighted by molar-refractivity contribution is 7.92. The van der Waals surface area contributed by atoms with E-state index < -0.39 is 16.1 Å². The Morgan fingerprint density at radius 2 is 1.70 bits per heavy atom. The molecular formula is C29H33N3O4S. The molecule has 3 aromatic rings. The normalized spacial score (nSPS) is 18.1. The van der Waals surface area contributed by atoms with Crippen LogP contribution in [-0.2, 0) is 27.9 Å². The molecular weight excluding hydrogens is 486 g/mol. The molecule has 37 heavy (non-hydrogen) atoms. The summed E-state index contributed by atoms with van der Waals surface area (Å²) in [5, 5.41) is 2.95. The molecule has 0 aliphatic carbocycles. The molecule has 5 rings (SSSR count). The number of ether oxygens (including phenoxy) is 1. The number of piperidine rings is 1. The van der Waals surface area contributed by atoms with Crippen LogP contribution >= 0.6 is 0 Å². The minimum atomic E-state index is -3.88. The van der Waals surface area contributed by atoms with Gasteiger partial charge in [-0.2, -0.15) is 0 Å². The molecule has 0 bridgehead atoms. The minimum Gasteiger partial charge on any atom is -0.476 e. The van der Waals surface area contributed by atoms with Crippen molar-refractivity contribution in [2.24, 2.45) is 0 Å². The summed E-state index contributed by atoms with van der Waals surface area (Å²) in [5.41, 5.74) is 3.58. The number of nitrogens with one attached hydrogen (secondary N) is 1. The SMILES string of the molecule is Cc1ccc2c(c1)N(S(=O)(=O)c1ccccc1)C[C@@H](C(=O)NCc1cccc(CN3CCCCC3)c1)O2. The quantitative estimate of drug-likeness (QED) is 0.505. The number of hydrogen-bond acceptors (Lipinski definition) is 5. The van der Waals surface area contributed by atoms with Crippen molar-refractivity contribution in [3.8, 4) is 5.75 Å².